The molecule has 1 amide bonds. The maximum absolute atomic E-state index is 12.8. The highest BCUT2D eigenvalue weighted by molar-refractivity contribution is 5.93. The van der Waals surface area contributed by atoms with Crippen molar-refractivity contribution in [3.05, 3.63) is 39.6 Å². The monoisotopic (exact) mass is 380 g/mol. The number of fused-ring (bicyclic) bond motifs is 1. The van der Waals surface area contributed by atoms with Crippen LogP contribution in [0.4, 0.5) is 0 Å². The molecule has 1 aliphatic heterocycles. The zero-order valence-corrected chi connectivity index (χ0v) is 16.2. The maximum atomic E-state index is 12.8. The van der Waals surface area contributed by atoms with Crippen LogP contribution in [-0.4, -0.2) is 43.6 Å². The Hall–Kier alpha value is -2.95. The molecule has 0 aromatic carbocycles. The number of hydrogen-bond donors (Lipinski definition) is 1. The third-order valence-electron chi connectivity index (χ3n) is 6.07. The van der Waals surface area contributed by atoms with E-state index in [9.17, 15) is 14.9 Å². The number of amides is 1. The summed E-state index contributed by atoms with van der Waals surface area (Å²) in [6.45, 7) is 5.19. The van der Waals surface area contributed by atoms with Crippen LogP contribution in [0.5, 0.6) is 0 Å². The van der Waals surface area contributed by atoms with E-state index in [1.54, 1.807) is 6.20 Å². The normalized spacial score (nSPS) is 17.4. The van der Waals surface area contributed by atoms with Gasteiger partial charge in [0.2, 0.25) is 5.95 Å². The number of piperidine rings is 1. The Morgan fingerprint density at radius 2 is 2.07 bits per heavy atom. The fourth-order valence-corrected chi connectivity index (χ4v) is 4.16. The second-order valence-corrected chi connectivity index (χ2v) is 8.24. The van der Waals surface area contributed by atoms with E-state index in [1.807, 2.05) is 18.7 Å². The van der Waals surface area contributed by atoms with Crippen molar-refractivity contribution in [3.8, 4) is 12.0 Å². The molecule has 0 spiro atoms. The van der Waals surface area contributed by atoms with Crippen LogP contribution in [0.25, 0.3) is 5.95 Å². The highest BCUT2D eigenvalue weighted by Crippen LogP contribution is 2.34. The number of carbonyl (C=O) groups excluding carboxylic acids is 1. The minimum atomic E-state index is -0.370. The van der Waals surface area contributed by atoms with Crippen LogP contribution in [0.2, 0.25) is 0 Å². The zero-order valence-electron chi connectivity index (χ0n) is 16.2. The molecule has 8 heteroatoms. The summed E-state index contributed by atoms with van der Waals surface area (Å²) < 4.78 is 1.46. The average molecular weight is 380 g/mol. The molecule has 0 saturated carbocycles. The molecular weight excluding hydrogens is 356 g/mol. The zero-order chi connectivity index (χ0) is 19.9. The third-order valence-corrected chi connectivity index (χ3v) is 6.07. The number of aromatic amines is 1. The highest BCUT2D eigenvalue weighted by atomic mass is 16.2. The predicted octanol–water partition coefficient (Wildman–Crippen LogP) is 1.85. The summed E-state index contributed by atoms with van der Waals surface area (Å²) in [7, 11) is 0. The van der Waals surface area contributed by atoms with Crippen molar-refractivity contribution in [2.45, 2.75) is 46.0 Å². The average Bonchev–Trinajstić information content (AvgIpc) is 3.37. The molecule has 1 saturated heterocycles. The van der Waals surface area contributed by atoms with Gasteiger partial charge >= 0.3 is 0 Å². The van der Waals surface area contributed by atoms with E-state index in [-0.39, 0.29) is 16.9 Å². The molecule has 146 valence electrons. The van der Waals surface area contributed by atoms with Gasteiger partial charge in [0.15, 0.2) is 0 Å². The van der Waals surface area contributed by atoms with Gasteiger partial charge in [-0.3, -0.25) is 14.6 Å². The second kappa shape index (κ2) is 6.89. The lowest BCUT2D eigenvalue weighted by atomic mass is 9.75. The van der Waals surface area contributed by atoms with Gasteiger partial charge in [0.25, 0.3) is 11.5 Å². The van der Waals surface area contributed by atoms with Gasteiger partial charge in [-0.15, -0.1) is 0 Å². The van der Waals surface area contributed by atoms with E-state index in [1.165, 1.54) is 10.9 Å². The van der Waals surface area contributed by atoms with Crippen molar-refractivity contribution in [1.82, 2.24) is 24.6 Å². The lowest BCUT2D eigenvalue weighted by Crippen LogP contribution is -2.41. The number of H-pyrrole nitrogens is 1. The molecule has 2 aromatic rings. The topological polar surface area (TPSA) is 108 Å². The van der Waals surface area contributed by atoms with E-state index >= 15 is 0 Å². The summed E-state index contributed by atoms with van der Waals surface area (Å²) in [5.74, 6) is 0.562. The van der Waals surface area contributed by atoms with Crippen LogP contribution in [0.15, 0.2) is 17.2 Å². The van der Waals surface area contributed by atoms with Gasteiger partial charge < -0.3 is 4.90 Å². The van der Waals surface area contributed by atoms with Crippen LogP contribution < -0.4 is 5.56 Å². The first-order chi connectivity index (χ1) is 13.4. The minimum absolute atomic E-state index is 0.0806. The molecule has 8 nitrogen and oxygen atoms in total. The molecule has 1 fully saturated rings. The first-order valence-corrected chi connectivity index (χ1v) is 9.76. The Labute approximate surface area is 163 Å². The van der Waals surface area contributed by atoms with Gasteiger partial charge in [0.05, 0.1) is 28.9 Å². The van der Waals surface area contributed by atoms with Crippen molar-refractivity contribution in [3.63, 3.8) is 0 Å². The molecular formula is C20H24N6O2. The smallest absolute Gasteiger partial charge is 0.257 e. The molecule has 0 atom stereocenters. The van der Waals surface area contributed by atoms with Gasteiger partial charge in [0, 0.05) is 24.8 Å². The number of nitrogens with zero attached hydrogens (tertiary/aromatic N) is 5. The Morgan fingerprint density at radius 1 is 1.32 bits per heavy atom. The summed E-state index contributed by atoms with van der Waals surface area (Å²) in [6, 6.07) is 2.38. The van der Waals surface area contributed by atoms with Gasteiger partial charge in [-0.25, -0.2) is 9.67 Å². The standard InChI is InChI=1S/C20H24N6O2/c1-20(2,12-21)14-6-8-25(9-7-14)18(28)13-10-22-26(11-13)19-23-16-5-3-4-15(16)17(27)24-19/h10-11,14H,3-9H2,1-2H3,(H,23,24,27). The van der Waals surface area contributed by atoms with E-state index in [2.05, 4.69) is 21.1 Å². The molecule has 28 heavy (non-hydrogen) atoms. The number of nitriles is 1. The van der Waals surface area contributed by atoms with Crippen LogP contribution >= 0.6 is 0 Å². The first kappa shape index (κ1) is 18.4. The minimum Gasteiger partial charge on any atom is -0.339 e. The summed E-state index contributed by atoms with van der Waals surface area (Å²) >= 11 is 0. The van der Waals surface area contributed by atoms with Crippen molar-refractivity contribution in [1.29, 1.82) is 5.26 Å². The van der Waals surface area contributed by atoms with Crippen LogP contribution in [0.3, 0.4) is 0 Å². The number of likely N-dealkylation sites (tertiary alicyclic amines) is 1. The molecule has 2 aromatic heterocycles. The van der Waals surface area contributed by atoms with E-state index < -0.39 is 0 Å². The Bertz CT molecular complexity index is 1000. The number of aryl methyl sites for hydroxylation is 1. The van der Waals surface area contributed by atoms with Gasteiger partial charge in [-0.05, 0) is 51.9 Å². The second-order valence-electron chi connectivity index (χ2n) is 8.24. The number of hydrogen-bond acceptors (Lipinski definition) is 5. The summed E-state index contributed by atoms with van der Waals surface area (Å²) in [6.07, 6.45) is 7.28. The maximum Gasteiger partial charge on any atom is 0.257 e. The molecule has 0 unspecified atom stereocenters. The number of carbonyl (C=O) groups is 1. The van der Waals surface area contributed by atoms with Crippen LogP contribution in [-0.2, 0) is 12.8 Å². The van der Waals surface area contributed by atoms with Gasteiger partial charge in [-0.2, -0.15) is 10.4 Å². The van der Waals surface area contributed by atoms with E-state index in [4.69, 9.17) is 0 Å². The highest BCUT2D eigenvalue weighted by Gasteiger charge is 2.34. The van der Waals surface area contributed by atoms with Crippen molar-refractivity contribution in [2.75, 3.05) is 13.1 Å². The largest absolute Gasteiger partial charge is 0.339 e. The Balaban J connectivity index is 1.48. The lowest BCUT2D eigenvalue weighted by molar-refractivity contribution is 0.0638. The molecule has 2 aliphatic rings. The number of aromatic nitrogens is 4. The fourth-order valence-electron chi connectivity index (χ4n) is 4.16. The first-order valence-electron chi connectivity index (χ1n) is 9.76. The SMILES string of the molecule is CC(C)(C#N)C1CCN(C(=O)c2cnn(-c3nc4c(c(=O)[nH]3)CCC4)c2)CC1. The molecule has 1 N–H and O–H groups in total. The summed E-state index contributed by atoms with van der Waals surface area (Å²) in [4.78, 5) is 34.1. The summed E-state index contributed by atoms with van der Waals surface area (Å²) in [5.41, 5.74) is 1.56. The van der Waals surface area contributed by atoms with Crippen LogP contribution in [0.1, 0.15) is 54.7 Å². The Morgan fingerprint density at radius 3 is 2.79 bits per heavy atom. The quantitative estimate of drug-likeness (QED) is 0.874. The predicted molar refractivity (Wildman–Crippen MR) is 102 cm³/mol. The van der Waals surface area contributed by atoms with Crippen LogP contribution in [0, 0.1) is 22.7 Å². The molecule has 4 rings (SSSR count). The Kier molecular flexibility index (Phi) is 4.53. The van der Waals surface area contributed by atoms with Gasteiger partial charge in [0.1, 0.15) is 0 Å². The molecule has 3 heterocycles. The van der Waals surface area contributed by atoms with Crippen molar-refractivity contribution < 1.29 is 4.79 Å². The van der Waals surface area contributed by atoms with E-state index in [0.717, 1.165) is 43.4 Å². The van der Waals surface area contributed by atoms with Crippen molar-refractivity contribution >= 4 is 5.91 Å². The summed E-state index contributed by atoms with van der Waals surface area (Å²) in [5, 5.41) is 13.5. The van der Waals surface area contributed by atoms with E-state index in [0.29, 0.717) is 30.5 Å². The van der Waals surface area contributed by atoms with Crippen molar-refractivity contribution in [2.24, 2.45) is 11.3 Å². The fraction of sp³-hybridized carbons (Fsp3) is 0.550. The molecule has 0 radical (unpaired) electrons. The molecule has 0 bridgehead atoms. The number of nitrogens with one attached hydrogen (secondary N) is 1. The molecule has 1 aliphatic carbocycles. The number of rotatable bonds is 3. The lowest BCUT2D eigenvalue weighted by Gasteiger charge is -2.37. The van der Waals surface area contributed by atoms with Gasteiger partial charge in [-0.1, -0.05) is 0 Å². The third kappa shape index (κ3) is 3.21.